The molecule has 4 nitrogen and oxygen atoms in total. The van der Waals surface area contributed by atoms with Crippen molar-refractivity contribution in [3.8, 4) is 0 Å². The van der Waals surface area contributed by atoms with E-state index in [1.165, 1.54) is 6.42 Å². The number of fused-ring (bicyclic) bond motifs is 5. The predicted octanol–water partition coefficient (Wildman–Crippen LogP) is 4.13. The first-order chi connectivity index (χ1) is 14.0. The molecule has 4 aliphatic rings. The van der Waals surface area contributed by atoms with Gasteiger partial charge in [-0.3, -0.25) is 4.79 Å². The minimum absolute atomic E-state index is 0.0218. The first kappa shape index (κ1) is 23.6. The van der Waals surface area contributed by atoms with E-state index in [4.69, 9.17) is 0 Å². The summed E-state index contributed by atoms with van der Waals surface area (Å²) in [5.74, 6) is -1.64. The lowest BCUT2D eigenvalue weighted by Gasteiger charge is -2.62. The molecule has 0 spiro atoms. The molecule has 0 aromatic carbocycles. The first-order valence-electron chi connectivity index (χ1n) is 11.6. The summed E-state index contributed by atoms with van der Waals surface area (Å²) < 4.78 is 16.8. The summed E-state index contributed by atoms with van der Waals surface area (Å²) in [5, 5.41) is 32.0. The van der Waals surface area contributed by atoms with Gasteiger partial charge in [0.25, 0.3) is 0 Å². The Balaban J connectivity index is 0.000000806. The van der Waals surface area contributed by atoms with E-state index in [2.05, 4.69) is 19.9 Å². The molecule has 5 heteroatoms. The van der Waals surface area contributed by atoms with Gasteiger partial charge in [0.1, 0.15) is 12.2 Å². The average Bonchev–Trinajstić information content (AvgIpc) is 2.90. The molecule has 0 aliphatic heterocycles. The third-order valence-electron chi connectivity index (χ3n) is 8.85. The van der Waals surface area contributed by atoms with Crippen molar-refractivity contribution < 1.29 is 24.5 Å². The highest BCUT2D eigenvalue weighted by Crippen LogP contribution is 2.70. The molecular weight excluding hydrogens is 383 g/mol. The van der Waals surface area contributed by atoms with Crippen LogP contribution in [0.5, 0.6) is 0 Å². The van der Waals surface area contributed by atoms with E-state index in [0.29, 0.717) is 12.8 Å². The van der Waals surface area contributed by atoms with Gasteiger partial charge in [0, 0.05) is 16.7 Å². The number of hydrogen-bond donors (Lipinski definition) is 3. The smallest absolute Gasteiger partial charge is 0.190 e. The Morgan fingerprint density at radius 3 is 2.50 bits per heavy atom. The van der Waals surface area contributed by atoms with Crippen LogP contribution < -0.4 is 0 Å². The molecule has 0 unspecified atom stereocenters. The lowest BCUT2D eigenvalue weighted by Crippen LogP contribution is -2.69. The fourth-order valence-electron chi connectivity index (χ4n) is 7.40. The van der Waals surface area contributed by atoms with Crippen LogP contribution in [-0.2, 0) is 4.79 Å². The standard InChI is InChI=1S/C22H31FO4.C3H8/c1-13-10-16-15-8-7-14-6-4-5-9-19(14,2)21(15,23)17(25)11-20(16,3)22(13,27)18(26)12-24;1-3-2/h5-6,9,13,15-17,24-25,27H,4,7-8,10-12H2,1-3H3;3H2,1-2H3/t13-,15-,16-,17-,19-,20-,21-,22-;/m0./s1. The number of carbonyl (C=O) groups is 1. The number of halogens is 1. The molecule has 0 bridgehead atoms. The number of aliphatic hydroxyl groups is 3. The van der Waals surface area contributed by atoms with Crippen molar-refractivity contribution in [3.63, 3.8) is 0 Å². The van der Waals surface area contributed by atoms with Crippen molar-refractivity contribution in [3.05, 3.63) is 23.8 Å². The Morgan fingerprint density at radius 2 is 1.90 bits per heavy atom. The minimum atomic E-state index is -1.81. The Morgan fingerprint density at radius 1 is 1.27 bits per heavy atom. The molecule has 0 saturated heterocycles. The third kappa shape index (κ3) is 2.77. The zero-order chi connectivity index (χ0) is 22.5. The van der Waals surface area contributed by atoms with Gasteiger partial charge in [0.2, 0.25) is 0 Å². The highest BCUT2D eigenvalue weighted by Gasteiger charge is 2.75. The summed E-state index contributed by atoms with van der Waals surface area (Å²) in [6, 6.07) is 0. The van der Waals surface area contributed by atoms with Gasteiger partial charge in [-0.1, -0.05) is 57.9 Å². The largest absolute Gasteiger partial charge is 0.390 e. The van der Waals surface area contributed by atoms with Gasteiger partial charge in [0.15, 0.2) is 11.5 Å². The molecule has 0 radical (unpaired) electrons. The molecule has 0 aromatic rings. The maximum atomic E-state index is 16.8. The summed E-state index contributed by atoms with van der Waals surface area (Å²) >= 11 is 0. The second-order valence-corrected chi connectivity index (χ2v) is 10.4. The monoisotopic (exact) mass is 422 g/mol. The normalized spacial score (nSPS) is 49.2. The van der Waals surface area contributed by atoms with Gasteiger partial charge in [-0.05, 0) is 50.9 Å². The van der Waals surface area contributed by atoms with E-state index >= 15 is 4.39 Å². The Labute approximate surface area is 180 Å². The summed E-state index contributed by atoms with van der Waals surface area (Å²) in [5.41, 5.74) is -4.28. The first-order valence-corrected chi connectivity index (χ1v) is 11.6. The number of ketones is 1. The van der Waals surface area contributed by atoms with E-state index < -0.39 is 46.5 Å². The molecule has 3 N–H and O–H groups in total. The number of alkyl halides is 1. The SMILES string of the molecule is CCC.C[C@H]1C[C@H]2[C@@H]3CCC4=CCC=C[C@]4(C)[C@@]3(F)[C@@H](O)C[C@]2(C)[C@@]1(O)C(=O)CO. The van der Waals surface area contributed by atoms with Crippen LogP contribution in [0.25, 0.3) is 0 Å². The maximum absolute atomic E-state index is 16.8. The van der Waals surface area contributed by atoms with Gasteiger partial charge in [-0.25, -0.2) is 4.39 Å². The summed E-state index contributed by atoms with van der Waals surface area (Å²) in [6.45, 7) is 9.01. The second-order valence-electron chi connectivity index (χ2n) is 10.4. The van der Waals surface area contributed by atoms with Crippen molar-refractivity contribution in [2.45, 2.75) is 90.5 Å². The molecule has 0 heterocycles. The molecule has 30 heavy (non-hydrogen) atoms. The number of Topliss-reactive ketones (excluding diaryl/α,β-unsaturated/α-hetero) is 1. The lowest BCUT2D eigenvalue weighted by molar-refractivity contribution is -0.219. The zero-order valence-corrected chi connectivity index (χ0v) is 19.1. The van der Waals surface area contributed by atoms with E-state index in [-0.39, 0.29) is 18.3 Å². The van der Waals surface area contributed by atoms with Crippen LogP contribution in [0.3, 0.4) is 0 Å². The number of allylic oxidation sites excluding steroid dienone is 4. The lowest BCUT2D eigenvalue weighted by atomic mass is 9.44. The van der Waals surface area contributed by atoms with Crippen molar-refractivity contribution in [2.24, 2.45) is 28.6 Å². The van der Waals surface area contributed by atoms with E-state index in [0.717, 1.165) is 18.4 Å². The summed E-state index contributed by atoms with van der Waals surface area (Å²) in [6.07, 6.45) is 8.68. The van der Waals surface area contributed by atoms with Crippen LogP contribution in [-0.4, -0.2) is 45.1 Å². The second kappa shape index (κ2) is 7.83. The molecule has 4 rings (SSSR count). The van der Waals surface area contributed by atoms with Gasteiger partial charge >= 0.3 is 0 Å². The van der Waals surface area contributed by atoms with E-state index in [9.17, 15) is 20.1 Å². The average molecular weight is 423 g/mol. The Bertz CT molecular complexity index is 747. The zero-order valence-electron chi connectivity index (χ0n) is 19.1. The molecule has 3 saturated carbocycles. The van der Waals surface area contributed by atoms with Crippen molar-refractivity contribution in [1.29, 1.82) is 0 Å². The van der Waals surface area contributed by atoms with E-state index in [1.54, 1.807) is 6.92 Å². The van der Waals surface area contributed by atoms with E-state index in [1.807, 2.05) is 26.0 Å². The molecule has 4 aliphatic carbocycles. The maximum Gasteiger partial charge on any atom is 0.190 e. The third-order valence-corrected chi connectivity index (χ3v) is 8.85. The molecule has 0 aromatic heterocycles. The van der Waals surface area contributed by atoms with Crippen LogP contribution >= 0.6 is 0 Å². The Kier molecular flexibility index (Phi) is 6.16. The van der Waals surface area contributed by atoms with Crippen molar-refractivity contribution >= 4 is 5.78 Å². The number of rotatable bonds is 2. The fraction of sp³-hybridized carbons (Fsp3) is 0.800. The number of carbonyl (C=O) groups excluding carboxylic acids is 1. The highest BCUT2D eigenvalue weighted by molar-refractivity contribution is 5.90. The van der Waals surface area contributed by atoms with Crippen molar-refractivity contribution in [1.82, 2.24) is 0 Å². The minimum Gasteiger partial charge on any atom is -0.390 e. The molecule has 3 fully saturated rings. The molecular formula is C25H39FO4. The van der Waals surface area contributed by atoms with Crippen LogP contribution in [0.2, 0.25) is 0 Å². The predicted molar refractivity (Wildman–Crippen MR) is 116 cm³/mol. The van der Waals surface area contributed by atoms with Gasteiger partial charge in [-0.2, -0.15) is 0 Å². The van der Waals surface area contributed by atoms with Gasteiger partial charge < -0.3 is 15.3 Å². The Hall–Kier alpha value is -1.04. The summed E-state index contributed by atoms with van der Waals surface area (Å²) in [7, 11) is 0. The molecule has 0 amide bonds. The topological polar surface area (TPSA) is 77.8 Å². The van der Waals surface area contributed by atoms with Crippen LogP contribution in [0.1, 0.15) is 73.1 Å². The molecule has 170 valence electrons. The van der Waals surface area contributed by atoms with Gasteiger partial charge in [0.05, 0.1) is 6.10 Å². The van der Waals surface area contributed by atoms with Gasteiger partial charge in [-0.15, -0.1) is 0 Å². The highest BCUT2D eigenvalue weighted by atomic mass is 19.1. The van der Waals surface area contributed by atoms with Crippen LogP contribution in [0.15, 0.2) is 23.8 Å². The fourth-order valence-corrected chi connectivity index (χ4v) is 7.40. The summed E-state index contributed by atoms with van der Waals surface area (Å²) in [4.78, 5) is 12.5. The quantitative estimate of drug-likeness (QED) is 0.585. The molecule has 8 atom stereocenters. The number of aliphatic hydroxyl groups excluding tert-OH is 2. The van der Waals surface area contributed by atoms with Crippen molar-refractivity contribution in [2.75, 3.05) is 6.61 Å². The van der Waals surface area contributed by atoms with Crippen LogP contribution in [0, 0.1) is 28.6 Å². The number of hydrogen-bond acceptors (Lipinski definition) is 4. The van der Waals surface area contributed by atoms with Crippen LogP contribution in [0.4, 0.5) is 4.39 Å².